The van der Waals surface area contributed by atoms with Gasteiger partial charge in [0.1, 0.15) is 0 Å². The maximum atomic E-state index is 12.5. The molecule has 1 N–H and O–H groups in total. The Hall–Kier alpha value is -1.22. The molecular formula is C14H20ClN3O4S. The van der Waals surface area contributed by atoms with E-state index in [0.717, 1.165) is 32.1 Å². The summed E-state index contributed by atoms with van der Waals surface area (Å²) in [5, 5.41) is 11.2. The standard InChI is InChI=1S/C14H20ClN3O4S/c1-2-7-17-8-5-12(6-9-17)16-23(21,22)14-4-3-11(15)10-13(14)18(19)20/h3-4,10,12,16H,2,5-9H2,1H3. The second-order valence-corrected chi connectivity index (χ2v) is 7.73. The van der Waals surface area contributed by atoms with Gasteiger partial charge in [-0.3, -0.25) is 10.1 Å². The highest BCUT2D eigenvalue weighted by Gasteiger charge is 2.29. The molecule has 128 valence electrons. The summed E-state index contributed by atoms with van der Waals surface area (Å²) in [6.45, 7) is 4.75. The number of rotatable bonds is 6. The van der Waals surface area contributed by atoms with Crippen molar-refractivity contribution in [2.24, 2.45) is 0 Å². The van der Waals surface area contributed by atoms with Crippen molar-refractivity contribution in [1.82, 2.24) is 9.62 Å². The molecule has 0 aliphatic carbocycles. The summed E-state index contributed by atoms with van der Waals surface area (Å²) in [6.07, 6.45) is 2.45. The second kappa shape index (κ2) is 7.57. The zero-order valence-corrected chi connectivity index (χ0v) is 14.4. The van der Waals surface area contributed by atoms with Crippen LogP contribution in [-0.4, -0.2) is 43.9 Å². The first-order valence-corrected chi connectivity index (χ1v) is 9.38. The van der Waals surface area contributed by atoms with Gasteiger partial charge in [-0.2, -0.15) is 0 Å². The van der Waals surface area contributed by atoms with Crippen LogP contribution in [0.1, 0.15) is 26.2 Å². The van der Waals surface area contributed by atoms with Crippen LogP contribution in [0.25, 0.3) is 0 Å². The molecule has 7 nitrogen and oxygen atoms in total. The van der Waals surface area contributed by atoms with Gasteiger partial charge in [-0.1, -0.05) is 18.5 Å². The number of nitrogens with one attached hydrogen (secondary N) is 1. The van der Waals surface area contributed by atoms with Gasteiger partial charge in [0.25, 0.3) is 5.69 Å². The zero-order chi connectivity index (χ0) is 17.0. The first kappa shape index (κ1) is 18.1. The van der Waals surface area contributed by atoms with Crippen LogP contribution in [0.2, 0.25) is 5.02 Å². The fourth-order valence-electron chi connectivity index (χ4n) is 2.73. The van der Waals surface area contributed by atoms with Gasteiger partial charge in [0, 0.05) is 17.1 Å². The molecule has 1 aliphatic rings. The molecule has 23 heavy (non-hydrogen) atoms. The largest absolute Gasteiger partial charge is 0.303 e. The van der Waals surface area contributed by atoms with Crippen LogP contribution in [0.5, 0.6) is 0 Å². The normalized spacial score (nSPS) is 17.3. The van der Waals surface area contributed by atoms with Gasteiger partial charge in [0.2, 0.25) is 10.0 Å². The van der Waals surface area contributed by atoms with E-state index in [9.17, 15) is 18.5 Å². The average Bonchev–Trinajstić information content (AvgIpc) is 2.49. The average molecular weight is 362 g/mol. The summed E-state index contributed by atoms with van der Waals surface area (Å²) in [7, 11) is -3.95. The van der Waals surface area contributed by atoms with Crippen LogP contribution in [0.4, 0.5) is 5.69 Å². The SMILES string of the molecule is CCCN1CCC(NS(=O)(=O)c2ccc(Cl)cc2[N+](=O)[O-])CC1. The van der Waals surface area contributed by atoms with Crippen LogP contribution >= 0.6 is 11.6 Å². The van der Waals surface area contributed by atoms with Crippen LogP contribution in [0, 0.1) is 10.1 Å². The predicted octanol–water partition coefficient (Wildman–Crippen LogP) is 2.40. The molecule has 1 saturated heterocycles. The lowest BCUT2D eigenvalue weighted by Crippen LogP contribution is -2.44. The molecule has 0 amide bonds. The fourth-order valence-corrected chi connectivity index (χ4v) is 4.36. The van der Waals surface area contributed by atoms with E-state index in [4.69, 9.17) is 11.6 Å². The number of benzene rings is 1. The Balaban J connectivity index is 2.13. The zero-order valence-electron chi connectivity index (χ0n) is 12.9. The van der Waals surface area contributed by atoms with E-state index >= 15 is 0 Å². The molecule has 0 bridgehead atoms. The third-order valence-corrected chi connectivity index (χ3v) is 5.66. The second-order valence-electron chi connectivity index (χ2n) is 5.61. The highest BCUT2D eigenvalue weighted by atomic mass is 35.5. The number of piperidine rings is 1. The molecule has 0 unspecified atom stereocenters. The Labute approximate surface area is 140 Å². The highest BCUT2D eigenvalue weighted by Crippen LogP contribution is 2.27. The lowest BCUT2D eigenvalue weighted by Gasteiger charge is -2.31. The summed E-state index contributed by atoms with van der Waals surface area (Å²) < 4.78 is 27.5. The van der Waals surface area contributed by atoms with Crippen LogP contribution in [-0.2, 0) is 10.0 Å². The van der Waals surface area contributed by atoms with Crippen LogP contribution < -0.4 is 4.72 Å². The number of nitro groups is 1. The van der Waals surface area contributed by atoms with Gasteiger partial charge in [0.05, 0.1) is 4.92 Å². The molecule has 0 aromatic heterocycles. The molecular weight excluding hydrogens is 342 g/mol. The number of nitrogens with zero attached hydrogens (tertiary/aromatic N) is 2. The van der Waals surface area contributed by atoms with Gasteiger partial charge in [0.15, 0.2) is 4.90 Å². The maximum absolute atomic E-state index is 12.5. The van der Waals surface area contributed by atoms with Crippen molar-refractivity contribution in [3.05, 3.63) is 33.3 Å². The molecule has 1 aromatic carbocycles. The van der Waals surface area contributed by atoms with Crippen molar-refractivity contribution in [2.75, 3.05) is 19.6 Å². The van der Waals surface area contributed by atoms with E-state index in [1.807, 2.05) is 0 Å². The van der Waals surface area contributed by atoms with Gasteiger partial charge in [-0.15, -0.1) is 0 Å². The number of sulfonamides is 1. The summed E-state index contributed by atoms with van der Waals surface area (Å²) in [4.78, 5) is 12.3. The van der Waals surface area contributed by atoms with E-state index in [1.165, 1.54) is 12.1 Å². The monoisotopic (exact) mass is 361 g/mol. The van der Waals surface area contributed by atoms with Crippen LogP contribution in [0.3, 0.4) is 0 Å². The molecule has 2 rings (SSSR count). The van der Waals surface area contributed by atoms with Crippen molar-refractivity contribution in [3.8, 4) is 0 Å². The molecule has 1 fully saturated rings. The minimum Gasteiger partial charge on any atom is -0.303 e. The van der Waals surface area contributed by atoms with E-state index in [0.29, 0.717) is 12.8 Å². The smallest absolute Gasteiger partial charge is 0.290 e. The predicted molar refractivity (Wildman–Crippen MR) is 88.2 cm³/mol. The Bertz CT molecular complexity index is 673. The number of nitro benzene ring substituents is 1. The molecule has 0 radical (unpaired) electrons. The number of likely N-dealkylation sites (tertiary alicyclic amines) is 1. The molecule has 0 saturated carbocycles. The Morgan fingerprint density at radius 2 is 2.04 bits per heavy atom. The van der Waals surface area contributed by atoms with Crippen molar-refractivity contribution in [2.45, 2.75) is 37.1 Å². The molecule has 0 atom stereocenters. The summed E-state index contributed by atoms with van der Waals surface area (Å²) in [5.74, 6) is 0. The third-order valence-electron chi connectivity index (χ3n) is 3.86. The molecule has 9 heteroatoms. The first-order valence-electron chi connectivity index (χ1n) is 7.52. The minimum atomic E-state index is -3.95. The Morgan fingerprint density at radius 1 is 1.39 bits per heavy atom. The van der Waals surface area contributed by atoms with E-state index in [2.05, 4.69) is 16.5 Å². The quantitative estimate of drug-likeness (QED) is 0.620. The van der Waals surface area contributed by atoms with Crippen molar-refractivity contribution >= 4 is 27.3 Å². The first-order chi connectivity index (χ1) is 10.8. The number of hydrogen-bond acceptors (Lipinski definition) is 5. The molecule has 1 heterocycles. The fraction of sp³-hybridized carbons (Fsp3) is 0.571. The van der Waals surface area contributed by atoms with Gasteiger partial charge >= 0.3 is 0 Å². The Morgan fingerprint density at radius 3 is 2.61 bits per heavy atom. The topological polar surface area (TPSA) is 92.6 Å². The Kier molecular flexibility index (Phi) is 5.96. The van der Waals surface area contributed by atoms with E-state index in [1.54, 1.807) is 0 Å². The van der Waals surface area contributed by atoms with Crippen molar-refractivity contribution in [3.63, 3.8) is 0 Å². The lowest BCUT2D eigenvalue weighted by atomic mass is 10.1. The summed E-state index contributed by atoms with van der Waals surface area (Å²) >= 11 is 5.72. The molecule has 1 aliphatic heterocycles. The molecule has 0 spiro atoms. The van der Waals surface area contributed by atoms with Crippen molar-refractivity contribution in [1.29, 1.82) is 0 Å². The van der Waals surface area contributed by atoms with E-state index in [-0.39, 0.29) is 16.0 Å². The number of halogens is 1. The van der Waals surface area contributed by atoms with Gasteiger partial charge < -0.3 is 4.90 Å². The number of hydrogen-bond donors (Lipinski definition) is 1. The highest BCUT2D eigenvalue weighted by molar-refractivity contribution is 7.89. The van der Waals surface area contributed by atoms with Gasteiger partial charge in [-0.05, 0) is 51.0 Å². The summed E-state index contributed by atoms with van der Waals surface area (Å²) in [6, 6.07) is 3.37. The minimum absolute atomic E-state index is 0.128. The van der Waals surface area contributed by atoms with E-state index < -0.39 is 20.6 Å². The molecule has 1 aromatic rings. The lowest BCUT2D eigenvalue weighted by molar-refractivity contribution is -0.387. The maximum Gasteiger partial charge on any atom is 0.290 e. The third kappa shape index (κ3) is 4.63. The van der Waals surface area contributed by atoms with Crippen molar-refractivity contribution < 1.29 is 13.3 Å². The van der Waals surface area contributed by atoms with Gasteiger partial charge in [-0.25, -0.2) is 13.1 Å². The summed E-state index contributed by atoms with van der Waals surface area (Å²) in [5.41, 5.74) is -0.506. The van der Waals surface area contributed by atoms with Crippen LogP contribution in [0.15, 0.2) is 23.1 Å².